The van der Waals surface area contributed by atoms with E-state index in [0.717, 1.165) is 72.4 Å². The molecule has 0 spiro atoms. The molecule has 1 saturated heterocycles. The van der Waals surface area contributed by atoms with Gasteiger partial charge in [0.05, 0.1) is 30.9 Å². The molecule has 8 rings (SSSR count). The number of benzene rings is 2. The van der Waals surface area contributed by atoms with Crippen LogP contribution in [0.25, 0.3) is 33.5 Å². The summed E-state index contributed by atoms with van der Waals surface area (Å²) in [6.07, 6.45) is 9.61. The first-order valence-electron chi connectivity index (χ1n) is 15.2. The predicted octanol–water partition coefficient (Wildman–Crippen LogP) is 5.99. The van der Waals surface area contributed by atoms with Crippen molar-refractivity contribution in [2.24, 2.45) is 0 Å². The van der Waals surface area contributed by atoms with Crippen molar-refractivity contribution in [3.8, 4) is 28.3 Å². The summed E-state index contributed by atoms with van der Waals surface area (Å²) < 4.78 is 29.0. The number of pyridine rings is 1. The molecule has 5 aromatic rings. The highest BCUT2D eigenvalue weighted by Gasteiger charge is 2.33. The summed E-state index contributed by atoms with van der Waals surface area (Å²) >= 11 is 0. The van der Waals surface area contributed by atoms with Gasteiger partial charge >= 0.3 is 0 Å². The molecule has 0 atom stereocenters. The molecule has 3 aromatic heterocycles. The van der Waals surface area contributed by atoms with Crippen LogP contribution < -0.4 is 9.64 Å². The van der Waals surface area contributed by atoms with Gasteiger partial charge in [-0.25, -0.2) is 14.4 Å². The molecular weight excluding hydrogens is 561 g/mol. The number of imidazole rings is 1. The van der Waals surface area contributed by atoms with E-state index >= 15 is 4.39 Å². The van der Waals surface area contributed by atoms with Crippen LogP contribution in [0.1, 0.15) is 59.1 Å². The molecule has 1 aliphatic carbocycles. The first-order chi connectivity index (χ1) is 21.6. The number of fused-ring (bicyclic) bond motifs is 2. The number of aromatic nitrogens is 4. The van der Waals surface area contributed by atoms with E-state index in [-0.39, 0.29) is 31.1 Å². The summed E-state index contributed by atoms with van der Waals surface area (Å²) in [6.45, 7) is 1.62. The van der Waals surface area contributed by atoms with Crippen LogP contribution in [-0.2, 0) is 11.3 Å². The summed E-state index contributed by atoms with van der Waals surface area (Å²) in [5.41, 5.74) is 5.86. The van der Waals surface area contributed by atoms with Crippen LogP contribution >= 0.6 is 0 Å². The number of aromatic amines is 1. The normalized spacial score (nSPS) is 17.5. The molecule has 2 N–H and O–H groups in total. The molecule has 1 amide bonds. The van der Waals surface area contributed by atoms with Crippen LogP contribution in [0, 0.1) is 5.82 Å². The number of hydrogen-bond acceptors (Lipinski definition) is 6. The fraction of sp³-hybridized carbons (Fsp3) is 0.324. The molecule has 5 heterocycles. The number of amides is 1. The van der Waals surface area contributed by atoms with E-state index in [1.54, 1.807) is 12.3 Å². The fourth-order valence-electron chi connectivity index (χ4n) is 6.59. The molecule has 10 heteroatoms. The number of nitrogens with one attached hydrogen (secondary N) is 1. The molecule has 224 valence electrons. The lowest BCUT2D eigenvalue weighted by molar-refractivity contribution is 0.0695. The quantitative estimate of drug-likeness (QED) is 0.251. The van der Waals surface area contributed by atoms with Crippen LogP contribution in [0.5, 0.6) is 5.75 Å². The van der Waals surface area contributed by atoms with E-state index in [2.05, 4.69) is 25.7 Å². The summed E-state index contributed by atoms with van der Waals surface area (Å²) in [6, 6.07) is 13.1. The van der Waals surface area contributed by atoms with Gasteiger partial charge in [0.1, 0.15) is 35.1 Å². The number of aliphatic hydroxyl groups excluding tert-OH is 1. The number of carbonyl (C=O) groups excluding carboxylic acids is 1. The molecule has 0 bridgehead atoms. The number of hydrogen-bond donors (Lipinski definition) is 2. The van der Waals surface area contributed by atoms with E-state index in [1.807, 2.05) is 36.7 Å². The Labute approximate surface area is 253 Å². The standard InChI is InChI=1S/C34H32FN5O4/c35-27-14-21(20-4-5-20)15-31-32(27)34(42)40(10-13-44-31)30-3-1-2-23(26(30)18-41)24-6-9-36-33-25(24)16-28(38-33)29-17-39(19-37-29)22-7-11-43-12-8-22/h1-3,6,9,14-17,19-20,22,41H,4-5,7-8,10-13,18H2,(H,36,38). The second-order valence-electron chi connectivity index (χ2n) is 11.8. The Balaban J connectivity index is 1.17. The van der Waals surface area contributed by atoms with Gasteiger partial charge in [-0.15, -0.1) is 0 Å². The average Bonchev–Trinajstić information content (AvgIpc) is 3.66. The highest BCUT2D eigenvalue weighted by molar-refractivity contribution is 6.09. The van der Waals surface area contributed by atoms with E-state index < -0.39 is 11.7 Å². The fourth-order valence-corrected chi connectivity index (χ4v) is 6.59. The minimum absolute atomic E-state index is 0.0667. The maximum absolute atomic E-state index is 15.4. The molecule has 0 radical (unpaired) electrons. The summed E-state index contributed by atoms with van der Waals surface area (Å²) in [4.78, 5) is 28.0. The second kappa shape index (κ2) is 10.9. The Bertz CT molecular complexity index is 1890. The van der Waals surface area contributed by atoms with Crippen LogP contribution in [0.3, 0.4) is 0 Å². The molecular formula is C34H32FN5O4. The van der Waals surface area contributed by atoms with Crippen molar-refractivity contribution in [1.29, 1.82) is 0 Å². The molecule has 2 fully saturated rings. The second-order valence-corrected chi connectivity index (χ2v) is 11.8. The van der Waals surface area contributed by atoms with Gasteiger partial charge in [0.25, 0.3) is 5.91 Å². The van der Waals surface area contributed by atoms with Crippen molar-refractivity contribution in [2.45, 2.75) is 44.2 Å². The molecule has 0 unspecified atom stereocenters. The lowest BCUT2D eigenvalue weighted by Crippen LogP contribution is -2.33. The van der Waals surface area contributed by atoms with E-state index in [9.17, 15) is 9.90 Å². The number of ether oxygens (including phenoxy) is 2. The SMILES string of the molecule is O=C1c2c(F)cc(C3CC3)cc2OCCN1c1cccc(-c2ccnc3[nH]c(-c4cn(C5CCOCC5)cn4)cc23)c1CO. The Morgan fingerprint density at radius 2 is 1.89 bits per heavy atom. The largest absolute Gasteiger partial charge is 0.491 e. The van der Waals surface area contributed by atoms with E-state index in [0.29, 0.717) is 28.9 Å². The smallest absolute Gasteiger partial charge is 0.265 e. The Morgan fingerprint density at radius 3 is 2.70 bits per heavy atom. The minimum Gasteiger partial charge on any atom is -0.491 e. The third-order valence-electron chi connectivity index (χ3n) is 9.07. The van der Waals surface area contributed by atoms with Gasteiger partial charge in [0.15, 0.2) is 0 Å². The van der Waals surface area contributed by atoms with Crippen molar-refractivity contribution in [2.75, 3.05) is 31.3 Å². The number of nitrogens with zero attached hydrogens (tertiary/aromatic N) is 4. The molecule has 9 nitrogen and oxygen atoms in total. The van der Waals surface area contributed by atoms with Crippen molar-refractivity contribution < 1.29 is 23.8 Å². The first kappa shape index (κ1) is 27.0. The third-order valence-corrected chi connectivity index (χ3v) is 9.07. The number of H-pyrrole nitrogens is 1. The zero-order valence-corrected chi connectivity index (χ0v) is 24.1. The highest BCUT2D eigenvalue weighted by Crippen LogP contribution is 2.44. The van der Waals surface area contributed by atoms with Gasteiger partial charge < -0.3 is 29.0 Å². The van der Waals surface area contributed by atoms with Crippen molar-refractivity contribution >= 4 is 22.6 Å². The topological polar surface area (TPSA) is 106 Å². The van der Waals surface area contributed by atoms with Crippen molar-refractivity contribution in [1.82, 2.24) is 19.5 Å². The number of carbonyl (C=O) groups is 1. The van der Waals surface area contributed by atoms with Crippen LogP contribution in [0.4, 0.5) is 10.1 Å². The Hall–Kier alpha value is -4.54. The zero-order valence-electron chi connectivity index (χ0n) is 24.1. The van der Waals surface area contributed by atoms with Gasteiger partial charge in [0.2, 0.25) is 0 Å². The van der Waals surface area contributed by atoms with Gasteiger partial charge in [-0.1, -0.05) is 12.1 Å². The van der Waals surface area contributed by atoms with Gasteiger partial charge in [0, 0.05) is 42.6 Å². The first-order valence-corrected chi connectivity index (χ1v) is 15.2. The number of rotatable bonds is 6. The Morgan fingerprint density at radius 1 is 1.02 bits per heavy atom. The van der Waals surface area contributed by atoms with E-state index in [4.69, 9.17) is 9.47 Å². The minimum atomic E-state index is -0.571. The third kappa shape index (κ3) is 4.65. The monoisotopic (exact) mass is 593 g/mol. The van der Waals surface area contributed by atoms with Crippen LogP contribution in [0.15, 0.2) is 61.2 Å². The van der Waals surface area contributed by atoms with Gasteiger partial charge in [-0.05, 0) is 78.6 Å². The Kier molecular flexibility index (Phi) is 6.68. The molecule has 2 aliphatic heterocycles. The summed E-state index contributed by atoms with van der Waals surface area (Å²) in [7, 11) is 0. The molecule has 1 saturated carbocycles. The molecule has 2 aromatic carbocycles. The van der Waals surface area contributed by atoms with Crippen LogP contribution in [0.2, 0.25) is 0 Å². The number of halogens is 1. The lowest BCUT2D eigenvalue weighted by atomic mass is 9.96. The van der Waals surface area contributed by atoms with Crippen LogP contribution in [-0.4, -0.2) is 56.9 Å². The van der Waals surface area contributed by atoms with Gasteiger partial charge in [-0.3, -0.25) is 4.79 Å². The average molecular weight is 594 g/mol. The zero-order chi connectivity index (χ0) is 29.8. The highest BCUT2D eigenvalue weighted by atomic mass is 19.1. The molecule has 3 aliphatic rings. The summed E-state index contributed by atoms with van der Waals surface area (Å²) in [5.74, 6) is -0.429. The van der Waals surface area contributed by atoms with Gasteiger partial charge in [-0.2, -0.15) is 0 Å². The maximum atomic E-state index is 15.4. The maximum Gasteiger partial charge on any atom is 0.265 e. The van der Waals surface area contributed by atoms with Crippen molar-refractivity contribution in [3.05, 3.63) is 83.7 Å². The van der Waals surface area contributed by atoms with Crippen molar-refractivity contribution in [3.63, 3.8) is 0 Å². The summed E-state index contributed by atoms with van der Waals surface area (Å²) in [5, 5.41) is 11.6. The van der Waals surface area contributed by atoms with E-state index in [1.165, 1.54) is 11.0 Å². The number of anilines is 1. The lowest BCUT2D eigenvalue weighted by Gasteiger charge is -2.24. The molecule has 44 heavy (non-hydrogen) atoms. The number of aliphatic hydroxyl groups is 1. The predicted molar refractivity (Wildman–Crippen MR) is 163 cm³/mol.